The van der Waals surface area contributed by atoms with E-state index in [4.69, 9.17) is 0 Å². The van der Waals surface area contributed by atoms with Crippen molar-refractivity contribution in [2.24, 2.45) is 0 Å². The molecule has 0 saturated heterocycles. The highest BCUT2D eigenvalue weighted by atomic mass is 32.2. The Hall–Kier alpha value is -1.65. The van der Waals surface area contributed by atoms with Crippen molar-refractivity contribution in [2.75, 3.05) is 27.2 Å². The number of hydrogen-bond acceptors (Lipinski definition) is 3. The molecule has 6 nitrogen and oxygen atoms in total. The third-order valence-electron chi connectivity index (χ3n) is 2.65. The molecule has 0 aliphatic rings. The standard InChI is InChI=1S/C12H16F3N3O3S/c1-18(2)22(20,21)17-8-7-16-11(19)9-3-5-10(6-4-9)12(13,14)15/h3-6,17H,7-8H2,1-2H3,(H,16,19). The van der Waals surface area contributed by atoms with E-state index in [9.17, 15) is 26.4 Å². The Morgan fingerprint density at radius 1 is 1.14 bits per heavy atom. The number of nitrogens with zero attached hydrogens (tertiary/aromatic N) is 1. The van der Waals surface area contributed by atoms with Crippen LogP contribution < -0.4 is 10.0 Å². The summed E-state index contributed by atoms with van der Waals surface area (Å²) < 4.78 is 63.1. The average Bonchev–Trinajstić information content (AvgIpc) is 2.42. The quantitative estimate of drug-likeness (QED) is 0.754. The number of alkyl halides is 3. The molecule has 0 saturated carbocycles. The summed E-state index contributed by atoms with van der Waals surface area (Å²) in [5.74, 6) is -0.585. The minimum Gasteiger partial charge on any atom is -0.351 e. The van der Waals surface area contributed by atoms with Crippen LogP contribution in [0.2, 0.25) is 0 Å². The predicted octanol–water partition coefficient (Wildman–Crippen LogP) is 0.831. The van der Waals surface area contributed by atoms with Crippen molar-refractivity contribution in [1.82, 2.24) is 14.3 Å². The molecule has 10 heteroatoms. The molecule has 1 amide bonds. The molecule has 1 aromatic rings. The maximum Gasteiger partial charge on any atom is 0.416 e. The maximum absolute atomic E-state index is 12.4. The molecule has 1 rings (SSSR count). The lowest BCUT2D eigenvalue weighted by Gasteiger charge is -2.12. The van der Waals surface area contributed by atoms with Crippen LogP contribution >= 0.6 is 0 Å². The third-order valence-corrected chi connectivity index (χ3v) is 4.18. The maximum atomic E-state index is 12.4. The molecule has 2 N–H and O–H groups in total. The predicted molar refractivity (Wildman–Crippen MR) is 74.4 cm³/mol. The van der Waals surface area contributed by atoms with Gasteiger partial charge in [-0.3, -0.25) is 4.79 Å². The molecule has 0 atom stereocenters. The molecule has 0 bridgehead atoms. The zero-order chi connectivity index (χ0) is 17.0. The topological polar surface area (TPSA) is 78.5 Å². The van der Waals surface area contributed by atoms with Gasteiger partial charge in [0.2, 0.25) is 0 Å². The van der Waals surface area contributed by atoms with Gasteiger partial charge in [-0.2, -0.15) is 25.9 Å². The summed E-state index contributed by atoms with van der Waals surface area (Å²) in [5, 5.41) is 2.40. The summed E-state index contributed by atoms with van der Waals surface area (Å²) in [6.07, 6.45) is -4.46. The molecule has 1 aromatic carbocycles. The first kappa shape index (κ1) is 18.4. The molecule has 22 heavy (non-hydrogen) atoms. The highest BCUT2D eigenvalue weighted by molar-refractivity contribution is 7.87. The van der Waals surface area contributed by atoms with Gasteiger partial charge in [-0.25, -0.2) is 4.72 Å². The SMILES string of the molecule is CN(C)S(=O)(=O)NCCNC(=O)c1ccc(C(F)(F)F)cc1. The summed E-state index contributed by atoms with van der Waals surface area (Å²) in [6.45, 7) is -0.0280. The number of halogens is 3. The molecule has 124 valence electrons. The Morgan fingerprint density at radius 2 is 1.68 bits per heavy atom. The van der Waals surface area contributed by atoms with E-state index < -0.39 is 27.9 Å². The van der Waals surface area contributed by atoms with E-state index in [-0.39, 0.29) is 18.7 Å². The minimum absolute atomic E-state index is 0.00687. The van der Waals surface area contributed by atoms with E-state index in [0.29, 0.717) is 0 Å². The van der Waals surface area contributed by atoms with Gasteiger partial charge < -0.3 is 5.32 Å². The van der Waals surface area contributed by atoms with Crippen molar-refractivity contribution in [3.8, 4) is 0 Å². The van der Waals surface area contributed by atoms with Crippen molar-refractivity contribution in [1.29, 1.82) is 0 Å². The number of carbonyl (C=O) groups excluding carboxylic acids is 1. The van der Waals surface area contributed by atoms with Gasteiger partial charge in [0.15, 0.2) is 0 Å². The van der Waals surface area contributed by atoms with Crippen LogP contribution in [0.3, 0.4) is 0 Å². The van der Waals surface area contributed by atoms with Crippen LogP contribution in [0, 0.1) is 0 Å². The van der Waals surface area contributed by atoms with Crippen molar-refractivity contribution in [2.45, 2.75) is 6.18 Å². The smallest absolute Gasteiger partial charge is 0.351 e. The summed E-state index contributed by atoms with van der Waals surface area (Å²) in [7, 11) is -0.875. The Balaban J connectivity index is 2.50. The fourth-order valence-electron chi connectivity index (χ4n) is 1.40. The van der Waals surface area contributed by atoms with Crippen molar-refractivity contribution in [3.63, 3.8) is 0 Å². The fraction of sp³-hybridized carbons (Fsp3) is 0.417. The zero-order valence-corrected chi connectivity index (χ0v) is 12.8. The molecule has 0 aromatic heterocycles. The van der Waals surface area contributed by atoms with Gasteiger partial charge >= 0.3 is 6.18 Å². The van der Waals surface area contributed by atoms with E-state index in [2.05, 4.69) is 10.0 Å². The number of benzene rings is 1. The summed E-state index contributed by atoms with van der Waals surface area (Å²) in [4.78, 5) is 11.7. The first-order chi connectivity index (χ1) is 10.0. The summed E-state index contributed by atoms with van der Waals surface area (Å²) in [6, 6.07) is 3.73. The minimum atomic E-state index is -4.46. The van der Waals surface area contributed by atoms with Crippen LogP contribution in [0.15, 0.2) is 24.3 Å². The average molecular weight is 339 g/mol. The van der Waals surface area contributed by atoms with Gasteiger partial charge in [-0.15, -0.1) is 0 Å². The largest absolute Gasteiger partial charge is 0.416 e. The van der Waals surface area contributed by atoms with Crippen LogP contribution in [-0.2, 0) is 16.4 Å². The lowest BCUT2D eigenvalue weighted by Crippen LogP contribution is -2.40. The molecule has 0 unspecified atom stereocenters. The van der Waals surface area contributed by atoms with E-state index in [1.165, 1.54) is 14.1 Å². The van der Waals surface area contributed by atoms with Crippen molar-refractivity contribution < 1.29 is 26.4 Å². The summed E-state index contributed by atoms with van der Waals surface area (Å²) in [5.41, 5.74) is -0.786. The Bertz CT molecular complexity index is 613. The molecular weight excluding hydrogens is 323 g/mol. The number of rotatable bonds is 6. The van der Waals surface area contributed by atoms with E-state index in [0.717, 1.165) is 28.6 Å². The molecule has 0 fully saturated rings. The van der Waals surface area contributed by atoms with Crippen LogP contribution in [0.5, 0.6) is 0 Å². The lowest BCUT2D eigenvalue weighted by molar-refractivity contribution is -0.137. The monoisotopic (exact) mass is 339 g/mol. The van der Waals surface area contributed by atoms with Crippen LogP contribution in [0.4, 0.5) is 13.2 Å². The van der Waals surface area contributed by atoms with Gasteiger partial charge in [0, 0.05) is 32.7 Å². The van der Waals surface area contributed by atoms with Gasteiger partial charge in [0.1, 0.15) is 0 Å². The molecule has 0 heterocycles. The Kier molecular flexibility index (Phi) is 5.92. The second-order valence-corrected chi connectivity index (χ2v) is 6.48. The van der Waals surface area contributed by atoms with Crippen LogP contribution in [0.1, 0.15) is 15.9 Å². The fourth-order valence-corrected chi connectivity index (χ4v) is 2.02. The van der Waals surface area contributed by atoms with Crippen LogP contribution in [0.25, 0.3) is 0 Å². The first-order valence-electron chi connectivity index (χ1n) is 6.16. The van der Waals surface area contributed by atoms with Gasteiger partial charge in [-0.05, 0) is 24.3 Å². The number of amides is 1. The van der Waals surface area contributed by atoms with Crippen molar-refractivity contribution >= 4 is 16.1 Å². The number of hydrogen-bond donors (Lipinski definition) is 2. The number of nitrogens with one attached hydrogen (secondary N) is 2. The molecule has 0 radical (unpaired) electrons. The normalized spacial score (nSPS) is 12.5. The molecular formula is C12H16F3N3O3S. The Labute approximate surface area is 126 Å². The van der Waals surface area contributed by atoms with E-state index >= 15 is 0 Å². The van der Waals surface area contributed by atoms with Crippen LogP contribution in [-0.4, -0.2) is 45.8 Å². The molecule has 0 aliphatic heterocycles. The lowest BCUT2D eigenvalue weighted by atomic mass is 10.1. The van der Waals surface area contributed by atoms with Gasteiger partial charge in [0.25, 0.3) is 16.1 Å². The van der Waals surface area contributed by atoms with Crippen molar-refractivity contribution in [3.05, 3.63) is 35.4 Å². The van der Waals surface area contributed by atoms with E-state index in [1.807, 2.05) is 0 Å². The highest BCUT2D eigenvalue weighted by Crippen LogP contribution is 2.28. The summed E-state index contributed by atoms with van der Waals surface area (Å²) >= 11 is 0. The molecule has 0 aliphatic carbocycles. The first-order valence-corrected chi connectivity index (χ1v) is 7.60. The molecule has 0 spiro atoms. The highest BCUT2D eigenvalue weighted by Gasteiger charge is 2.30. The van der Waals surface area contributed by atoms with Gasteiger partial charge in [-0.1, -0.05) is 0 Å². The van der Waals surface area contributed by atoms with E-state index in [1.54, 1.807) is 0 Å². The third kappa shape index (κ3) is 5.28. The zero-order valence-electron chi connectivity index (χ0n) is 11.9. The Morgan fingerprint density at radius 3 is 2.14 bits per heavy atom. The second-order valence-electron chi connectivity index (χ2n) is 4.51. The second kappa shape index (κ2) is 7.07. The van der Waals surface area contributed by atoms with Gasteiger partial charge in [0.05, 0.1) is 5.56 Å². The number of carbonyl (C=O) groups is 1.